The van der Waals surface area contributed by atoms with E-state index in [0.29, 0.717) is 13.0 Å². The molecule has 1 aromatic heterocycles. The molecule has 4 rings (SSSR count). The third-order valence-electron chi connectivity index (χ3n) is 5.87. The van der Waals surface area contributed by atoms with Gasteiger partial charge in [-0.2, -0.15) is 0 Å². The molecule has 1 aliphatic heterocycles. The Hall–Kier alpha value is -2.48. The van der Waals surface area contributed by atoms with Gasteiger partial charge in [-0.05, 0) is 37.0 Å². The van der Waals surface area contributed by atoms with Gasteiger partial charge in [-0.3, -0.25) is 14.6 Å². The number of aromatic nitrogens is 1. The van der Waals surface area contributed by atoms with Crippen LogP contribution in [0.4, 0.5) is 5.13 Å². The quantitative estimate of drug-likeness (QED) is 0.484. The maximum absolute atomic E-state index is 13.3. The number of morpholine rings is 1. The third kappa shape index (κ3) is 5.46. The molecule has 3 aromatic rings. The number of hydrogen-bond donors (Lipinski definition) is 0. The van der Waals surface area contributed by atoms with Gasteiger partial charge in [-0.15, -0.1) is 0 Å². The molecule has 2 heterocycles. The van der Waals surface area contributed by atoms with Crippen LogP contribution in [-0.4, -0.2) is 62.3 Å². The minimum absolute atomic E-state index is 0.117. The molecule has 170 valence electrons. The van der Waals surface area contributed by atoms with E-state index in [0.717, 1.165) is 72.4 Å². The van der Waals surface area contributed by atoms with Gasteiger partial charge in [0.15, 0.2) is 5.13 Å². The molecule has 0 aliphatic carbocycles. The Bertz CT molecular complexity index is 1030. The summed E-state index contributed by atoms with van der Waals surface area (Å²) in [6.45, 7) is 7.18. The fraction of sp³-hybridized carbons (Fsp3) is 0.440. The minimum atomic E-state index is 0.117. The van der Waals surface area contributed by atoms with Crippen molar-refractivity contribution >= 4 is 32.6 Å². The normalized spacial score (nSPS) is 14.6. The standard InChI is InChI=1S/C25H31N3O3S/c1-19-9-11-21(30-2)23-24(19)32-25(26-23)28(14-6-13-27-15-17-31-18-16-27)22(29)12-10-20-7-4-3-5-8-20/h3-5,7-9,11H,6,10,12-18H2,1-2H3. The lowest BCUT2D eigenvalue weighted by Gasteiger charge is -2.27. The van der Waals surface area contributed by atoms with Crippen LogP contribution in [0, 0.1) is 6.92 Å². The Morgan fingerprint density at radius 2 is 1.97 bits per heavy atom. The monoisotopic (exact) mass is 453 g/mol. The number of carbonyl (C=O) groups excluding carboxylic acids is 1. The first-order chi connectivity index (χ1) is 15.7. The molecule has 32 heavy (non-hydrogen) atoms. The second-order valence-electron chi connectivity index (χ2n) is 8.10. The van der Waals surface area contributed by atoms with E-state index in [9.17, 15) is 4.79 Å². The van der Waals surface area contributed by atoms with Crippen LogP contribution in [-0.2, 0) is 16.0 Å². The first-order valence-electron chi connectivity index (χ1n) is 11.2. The number of aryl methyl sites for hydroxylation is 2. The third-order valence-corrected chi connectivity index (χ3v) is 7.09. The molecule has 0 saturated carbocycles. The highest BCUT2D eigenvalue weighted by molar-refractivity contribution is 7.22. The van der Waals surface area contributed by atoms with Crippen LogP contribution in [0.1, 0.15) is 24.0 Å². The fourth-order valence-corrected chi connectivity index (χ4v) is 5.11. The van der Waals surface area contributed by atoms with E-state index in [1.165, 1.54) is 5.56 Å². The van der Waals surface area contributed by atoms with E-state index < -0.39 is 0 Å². The number of methoxy groups -OCH3 is 1. The lowest BCUT2D eigenvalue weighted by atomic mass is 10.1. The molecule has 0 spiro atoms. The number of carbonyl (C=O) groups is 1. The number of benzene rings is 2. The van der Waals surface area contributed by atoms with Crippen LogP contribution in [0.15, 0.2) is 42.5 Å². The average Bonchev–Trinajstić information content (AvgIpc) is 3.28. The predicted molar refractivity (Wildman–Crippen MR) is 130 cm³/mol. The lowest BCUT2D eigenvalue weighted by Crippen LogP contribution is -2.39. The number of nitrogens with zero attached hydrogens (tertiary/aromatic N) is 3. The van der Waals surface area contributed by atoms with E-state index >= 15 is 0 Å². The molecule has 1 amide bonds. The van der Waals surface area contributed by atoms with Gasteiger partial charge in [0.2, 0.25) is 5.91 Å². The second kappa shape index (κ2) is 10.9. The van der Waals surface area contributed by atoms with Crippen molar-refractivity contribution in [1.29, 1.82) is 0 Å². The van der Waals surface area contributed by atoms with Crippen LogP contribution in [0.5, 0.6) is 5.75 Å². The Balaban J connectivity index is 1.52. The molecule has 0 unspecified atom stereocenters. The predicted octanol–water partition coefficient (Wildman–Crippen LogP) is 4.30. The van der Waals surface area contributed by atoms with Crippen molar-refractivity contribution < 1.29 is 14.3 Å². The Labute approximate surface area is 193 Å². The summed E-state index contributed by atoms with van der Waals surface area (Å²) in [7, 11) is 1.66. The molecule has 6 nitrogen and oxygen atoms in total. The first kappa shape index (κ1) is 22.7. The van der Waals surface area contributed by atoms with Crippen molar-refractivity contribution in [1.82, 2.24) is 9.88 Å². The van der Waals surface area contributed by atoms with Crippen molar-refractivity contribution in [2.45, 2.75) is 26.2 Å². The summed E-state index contributed by atoms with van der Waals surface area (Å²) in [4.78, 5) is 22.5. The van der Waals surface area contributed by atoms with Crippen molar-refractivity contribution in [2.75, 3.05) is 51.4 Å². The van der Waals surface area contributed by atoms with Crippen LogP contribution in [0.2, 0.25) is 0 Å². The summed E-state index contributed by atoms with van der Waals surface area (Å²) < 4.78 is 12.1. The summed E-state index contributed by atoms with van der Waals surface area (Å²) >= 11 is 1.58. The molecular formula is C25H31N3O3S. The Morgan fingerprint density at radius 1 is 1.19 bits per heavy atom. The molecular weight excluding hydrogens is 422 g/mol. The average molecular weight is 454 g/mol. The zero-order chi connectivity index (χ0) is 22.3. The smallest absolute Gasteiger partial charge is 0.229 e. The summed E-state index contributed by atoms with van der Waals surface area (Å²) in [6.07, 6.45) is 2.10. The van der Waals surface area contributed by atoms with E-state index in [-0.39, 0.29) is 5.91 Å². The van der Waals surface area contributed by atoms with Crippen LogP contribution < -0.4 is 9.64 Å². The summed E-state index contributed by atoms with van der Waals surface area (Å²) in [5, 5.41) is 0.757. The van der Waals surface area contributed by atoms with E-state index in [1.54, 1.807) is 18.4 Å². The topological polar surface area (TPSA) is 54.9 Å². The molecule has 7 heteroatoms. The van der Waals surface area contributed by atoms with Gasteiger partial charge >= 0.3 is 0 Å². The number of rotatable bonds is 9. The number of hydrogen-bond acceptors (Lipinski definition) is 6. The van der Waals surface area contributed by atoms with Gasteiger partial charge in [0, 0.05) is 32.6 Å². The van der Waals surface area contributed by atoms with E-state index in [2.05, 4.69) is 24.0 Å². The van der Waals surface area contributed by atoms with Crippen LogP contribution in [0.25, 0.3) is 10.2 Å². The van der Waals surface area contributed by atoms with Crippen molar-refractivity contribution in [3.05, 3.63) is 53.6 Å². The van der Waals surface area contributed by atoms with Gasteiger partial charge in [0.1, 0.15) is 11.3 Å². The highest BCUT2D eigenvalue weighted by Crippen LogP contribution is 2.36. The van der Waals surface area contributed by atoms with E-state index in [4.69, 9.17) is 14.5 Å². The first-order valence-corrected chi connectivity index (χ1v) is 12.1. The molecule has 1 aliphatic rings. The molecule has 2 aromatic carbocycles. The molecule has 0 N–H and O–H groups in total. The van der Waals surface area contributed by atoms with Crippen LogP contribution in [0.3, 0.4) is 0 Å². The van der Waals surface area contributed by atoms with Gasteiger partial charge in [0.25, 0.3) is 0 Å². The Kier molecular flexibility index (Phi) is 7.73. The number of fused-ring (bicyclic) bond motifs is 1. The van der Waals surface area contributed by atoms with Gasteiger partial charge in [-0.25, -0.2) is 4.98 Å². The molecule has 0 radical (unpaired) electrons. The maximum Gasteiger partial charge on any atom is 0.229 e. The molecule has 1 saturated heterocycles. The SMILES string of the molecule is COc1ccc(C)c2sc(N(CCCN3CCOCC3)C(=O)CCc3ccccc3)nc12. The highest BCUT2D eigenvalue weighted by atomic mass is 32.1. The molecule has 0 atom stereocenters. The number of ether oxygens (including phenoxy) is 2. The van der Waals surface area contributed by atoms with Gasteiger partial charge in [0.05, 0.1) is 25.0 Å². The van der Waals surface area contributed by atoms with Crippen molar-refractivity contribution in [2.24, 2.45) is 0 Å². The molecule has 1 fully saturated rings. The van der Waals surface area contributed by atoms with Crippen LogP contribution >= 0.6 is 11.3 Å². The van der Waals surface area contributed by atoms with Gasteiger partial charge < -0.3 is 9.47 Å². The summed E-state index contributed by atoms with van der Waals surface area (Å²) in [6, 6.07) is 14.2. The van der Waals surface area contributed by atoms with E-state index in [1.807, 2.05) is 35.2 Å². The Morgan fingerprint density at radius 3 is 2.72 bits per heavy atom. The summed E-state index contributed by atoms with van der Waals surface area (Å²) in [5.74, 6) is 0.865. The van der Waals surface area contributed by atoms with Gasteiger partial charge in [-0.1, -0.05) is 47.7 Å². The second-order valence-corrected chi connectivity index (χ2v) is 9.07. The highest BCUT2D eigenvalue weighted by Gasteiger charge is 2.22. The van der Waals surface area contributed by atoms with Crippen molar-refractivity contribution in [3.8, 4) is 5.75 Å². The zero-order valence-electron chi connectivity index (χ0n) is 18.9. The number of anilines is 1. The summed E-state index contributed by atoms with van der Waals surface area (Å²) in [5.41, 5.74) is 3.16. The minimum Gasteiger partial charge on any atom is -0.494 e. The molecule has 0 bridgehead atoms. The van der Waals surface area contributed by atoms with Crippen molar-refractivity contribution in [3.63, 3.8) is 0 Å². The largest absolute Gasteiger partial charge is 0.494 e. The maximum atomic E-state index is 13.3. The zero-order valence-corrected chi connectivity index (χ0v) is 19.7. The number of amides is 1. The fourth-order valence-electron chi connectivity index (χ4n) is 4.01. The number of thiazole rings is 1. The lowest BCUT2D eigenvalue weighted by molar-refractivity contribution is -0.118.